The largest absolute Gasteiger partial charge is 0.508 e. The van der Waals surface area contributed by atoms with Crippen molar-refractivity contribution in [2.24, 2.45) is 14.1 Å². The topological polar surface area (TPSA) is 125 Å². The number of aryl methyl sites for hydroxylation is 2. The first-order valence-corrected chi connectivity index (χ1v) is 7.57. The van der Waals surface area contributed by atoms with E-state index in [1.807, 2.05) is 0 Å². The van der Waals surface area contributed by atoms with E-state index < -0.39 is 17.4 Å². The van der Waals surface area contributed by atoms with Crippen molar-refractivity contribution in [2.45, 2.75) is 6.10 Å². The average molecular weight is 347 g/mol. The minimum atomic E-state index is -0.504. The molecule has 9 heteroatoms. The first kappa shape index (κ1) is 18.4. The van der Waals surface area contributed by atoms with Crippen LogP contribution in [0.5, 0.6) is 5.75 Å². The summed E-state index contributed by atoms with van der Waals surface area (Å²) in [7, 11) is 5.05. The van der Waals surface area contributed by atoms with Crippen LogP contribution in [-0.2, 0) is 14.1 Å². The summed E-state index contributed by atoms with van der Waals surface area (Å²) in [6.45, 7) is 0.519. The molecule has 2 aromatic heterocycles. The van der Waals surface area contributed by atoms with Gasteiger partial charge in [0.15, 0.2) is 11.2 Å². The van der Waals surface area contributed by atoms with Crippen molar-refractivity contribution in [3.8, 4) is 5.75 Å². The second-order valence-corrected chi connectivity index (χ2v) is 5.51. The SMILES string of the molecule is CNCC(O)c1ccc(O)cc1.Cn1cnc2c1c(=O)[nH]c(=O)n2C. The number of aromatic nitrogens is 4. The molecular weight excluding hydrogens is 326 g/mol. The van der Waals surface area contributed by atoms with Gasteiger partial charge in [-0.1, -0.05) is 12.1 Å². The number of aliphatic hydroxyl groups excluding tert-OH is 1. The van der Waals surface area contributed by atoms with Gasteiger partial charge < -0.3 is 20.1 Å². The van der Waals surface area contributed by atoms with Gasteiger partial charge in [-0.25, -0.2) is 9.78 Å². The van der Waals surface area contributed by atoms with E-state index in [0.717, 1.165) is 5.56 Å². The van der Waals surface area contributed by atoms with E-state index in [2.05, 4.69) is 15.3 Å². The Labute approximate surface area is 143 Å². The Morgan fingerprint density at radius 3 is 2.48 bits per heavy atom. The van der Waals surface area contributed by atoms with Crippen molar-refractivity contribution in [2.75, 3.05) is 13.6 Å². The van der Waals surface area contributed by atoms with Crippen LogP contribution >= 0.6 is 0 Å². The highest BCUT2D eigenvalue weighted by Gasteiger charge is 2.08. The molecule has 0 radical (unpaired) electrons. The third kappa shape index (κ3) is 4.14. The molecule has 4 N–H and O–H groups in total. The fourth-order valence-electron chi connectivity index (χ4n) is 2.27. The molecule has 0 fully saturated rings. The normalized spacial score (nSPS) is 11.8. The molecule has 0 saturated carbocycles. The molecule has 134 valence electrons. The van der Waals surface area contributed by atoms with Gasteiger partial charge in [0, 0.05) is 20.6 Å². The molecule has 0 spiro atoms. The number of nitrogens with one attached hydrogen (secondary N) is 2. The van der Waals surface area contributed by atoms with Crippen LogP contribution in [0, 0.1) is 0 Å². The van der Waals surface area contributed by atoms with Crippen LogP contribution < -0.4 is 16.6 Å². The lowest BCUT2D eigenvalue weighted by Crippen LogP contribution is -2.28. The van der Waals surface area contributed by atoms with Crippen molar-refractivity contribution in [1.82, 2.24) is 24.4 Å². The average Bonchev–Trinajstić information content (AvgIpc) is 2.97. The van der Waals surface area contributed by atoms with Gasteiger partial charge in [-0.05, 0) is 24.7 Å². The van der Waals surface area contributed by atoms with Crippen molar-refractivity contribution < 1.29 is 10.2 Å². The van der Waals surface area contributed by atoms with E-state index in [1.54, 1.807) is 50.0 Å². The maximum Gasteiger partial charge on any atom is 0.329 e. The zero-order valence-electron chi connectivity index (χ0n) is 14.2. The van der Waals surface area contributed by atoms with Crippen LogP contribution in [0.2, 0.25) is 0 Å². The van der Waals surface area contributed by atoms with Crippen LogP contribution in [-0.4, -0.2) is 42.9 Å². The Bertz CT molecular complexity index is 955. The Morgan fingerprint density at radius 2 is 1.88 bits per heavy atom. The minimum absolute atomic E-state index is 0.218. The molecule has 2 heterocycles. The summed E-state index contributed by atoms with van der Waals surface area (Å²) in [6, 6.07) is 6.54. The van der Waals surface area contributed by atoms with Gasteiger partial charge in [0.05, 0.1) is 12.4 Å². The number of hydrogen-bond donors (Lipinski definition) is 4. The lowest BCUT2D eigenvalue weighted by molar-refractivity contribution is 0.177. The number of aliphatic hydroxyl groups is 1. The van der Waals surface area contributed by atoms with Gasteiger partial charge in [0.1, 0.15) is 5.75 Å². The highest BCUT2D eigenvalue weighted by atomic mass is 16.3. The van der Waals surface area contributed by atoms with Gasteiger partial charge in [-0.2, -0.15) is 0 Å². The van der Waals surface area contributed by atoms with E-state index in [4.69, 9.17) is 5.11 Å². The van der Waals surface area contributed by atoms with Crippen molar-refractivity contribution >= 4 is 11.2 Å². The standard InChI is InChI=1S/C9H13NO2.C7H8N4O2/c1-10-6-9(12)7-2-4-8(11)5-3-7;1-10-3-8-5-4(10)6(12)9-7(13)11(5)2/h2-5,9-12H,6H2,1H3;3H,1-2H3,(H,9,12,13). The highest BCUT2D eigenvalue weighted by molar-refractivity contribution is 5.69. The molecular formula is C16H21N5O4. The monoisotopic (exact) mass is 347 g/mol. The van der Waals surface area contributed by atoms with E-state index >= 15 is 0 Å². The predicted octanol–water partition coefficient (Wildman–Crippen LogP) is -0.395. The van der Waals surface area contributed by atoms with Crippen LogP contribution in [0.1, 0.15) is 11.7 Å². The van der Waals surface area contributed by atoms with Gasteiger partial charge in [-0.3, -0.25) is 14.3 Å². The zero-order chi connectivity index (χ0) is 18.6. The number of phenols is 1. The number of rotatable bonds is 3. The summed E-state index contributed by atoms with van der Waals surface area (Å²) in [6.07, 6.45) is 0.995. The fourth-order valence-corrected chi connectivity index (χ4v) is 2.27. The summed E-state index contributed by atoms with van der Waals surface area (Å²) < 4.78 is 2.88. The summed E-state index contributed by atoms with van der Waals surface area (Å²) in [5.41, 5.74) is 0.759. The van der Waals surface area contributed by atoms with Gasteiger partial charge in [-0.15, -0.1) is 0 Å². The summed E-state index contributed by atoms with van der Waals surface area (Å²) >= 11 is 0. The molecule has 0 aliphatic rings. The number of likely N-dealkylation sites (N-methyl/N-ethyl adjacent to an activating group) is 1. The summed E-state index contributed by atoms with van der Waals surface area (Å²) in [5, 5.41) is 21.3. The maximum absolute atomic E-state index is 11.3. The number of aromatic hydroxyl groups is 1. The van der Waals surface area contributed by atoms with Crippen molar-refractivity contribution in [1.29, 1.82) is 0 Å². The number of fused-ring (bicyclic) bond motifs is 1. The van der Waals surface area contributed by atoms with Crippen LogP contribution in [0.25, 0.3) is 11.2 Å². The van der Waals surface area contributed by atoms with Crippen LogP contribution in [0.4, 0.5) is 0 Å². The van der Waals surface area contributed by atoms with E-state index in [-0.39, 0.29) is 5.75 Å². The molecule has 1 unspecified atom stereocenters. The number of imidazole rings is 1. The van der Waals surface area contributed by atoms with E-state index in [9.17, 15) is 14.7 Å². The van der Waals surface area contributed by atoms with Gasteiger partial charge >= 0.3 is 5.69 Å². The van der Waals surface area contributed by atoms with Gasteiger partial charge in [0.2, 0.25) is 0 Å². The maximum atomic E-state index is 11.3. The Hall–Kier alpha value is -2.91. The van der Waals surface area contributed by atoms with Gasteiger partial charge in [0.25, 0.3) is 5.56 Å². The lowest BCUT2D eigenvalue weighted by atomic mass is 10.1. The quantitative estimate of drug-likeness (QED) is 0.511. The third-order valence-electron chi connectivity index (χ3n) is 3.65. The minimum Gasteiger partial charge on any atom is -0.508 e. The first-order valence-electron chi connectivity index (χ1n) is 7.57. The predicted molar refractivity (Wildman–Crippen MR) is 93.6 cm³/mol. The fraction of sp³-hybridized carbons (Fsp3) is 0.312. The van der Waals surface area contributed by atoms with Crippen LogP contribution in [0.15, 0.2) is 40.2 Å². The van der Waals surface area contributed by atoms with Crippen LogP contribution in [0.3, 0.4) is 0 Å². The molecule has 9 nitrogen and oxygen atoms in total. The molecule has 1 aromatic carbocycles. The molecule has 1 atom stereocenters. The van der Waals surface area contributed by atoms with E-state index in [0.29, 0.717) is 17.7 Å². The van der Waals surface area contributed by atoms with Crippen molar-refractivity contribution in [3.05, 3.63) is 57.0 Å². The summed E-state index contributed by atoms with van der Waals surface area (Å²) in [5.74, 6) is 0.218. The molecule has 0 saturated heterocycles. The third-order valence-corrected chi connectivity index (χ3v) is 3.65. The zero-order valence-corrected chi connectivity index (χ0v) is 14.2. The molecule has 3 aromatic rings. The summed E-state index contributed by atoms with van der Waals surface area (Å²) in [4.78, 5) is 28.6. The lowest BCUT2D eigenvalue weighted by Gasteiger charge is -2.09. The molecule has 0 aliphatic carbocycles. The second kappa shape index (κ2) is 7.77. The molecule has 3 rings (SSSR count). The van der Waals surface area contributed by atoms with E-state index in [1.165, 1.54) is 10.9 Å². The number of phenolic OH excluding ortho intramolecular Hbond substituents is 1. The number of hydrogen-bond acceptors (Lipinski definition) is 6. The molecule has 0 aliphatic heterocycles. The molecule has 25 heavy (non-hydrogen) atoms. The number of aromatic amines is 1. The highest BCUT2D eigenvalue weighted by Crippen LogP contribution is 2.15. The number of H-pyrrole nitrogens is 1. The first-order chi connectivity index (χ1) is 11.8. The van der Waals surface area contributed by atoms with Crippen molar-refractivity contribution in [3.63, 3.8) is 0 Å². The second-order valence-electron chi connectivity index (χ2n) is 5.51. The Morgan fingerprint density at radius 1 is 1.24 bits per heavy atom. The molecule has 0 amide bonds. The Kier molecular flexibility index (Phi) is 5.73. The number of nitrogens with zero attached hydrogens (tertiary/aromatic N) is 3. The smallest absolute Gasteiger partial charge is 0.329 e. The molecule has 0 bridgehead atoms. The number of benzene rings is 1. The Balaban J connectivity index is 0.000000181.